The molecular formula is C15H26N2. The van der Waals surface area contributed by atoms with Gasteiger partial charge in [-0.05, 0) is 39.4 Å². The van der Waals surface area contributed by atoms with Crippen LogP contribution >= 0.6 is 0 Å². The third kappa shape index (κ3) is 5.16. The number of allylic oxidation sites excluding steroid dienone is 3. The zero-order chi connectivity index (χ0) is 13.5. The molecule has 0 aliphatic heterocycles. The lowest BCUT2D eigenvalue weighted by atomic mass is 9.91. The Morgan fingerprint density at radius 1 is 1.18 bits per heavy atom. The molecule has 2 nitrogen and oxygen atoms in total. The van der Waals surface area contributed by atoms with Crippen LogP contribution in [0.25, 0.3) is 0 Å². The van der Waals surface area contributed by atoms with Crippen molar-refractivity contribution in [1.82, 2.24) is 10.6 Å². The number of hydrogen-bond donors (Lipinski definition) is 2. The van der Waals surface area contributed by atoms with E-state index in [1.165, 1.54) is 0 Å². The van der Waals surface area contributed by atoms with Gasteiger partial charge in [0.25, 0.3) is 0 Å². The predicted octanol–water partition coefficient (Wildman–Crippen LogP) is 3.17. The molecule has 0 aromatic heterocycles. The van der Waals surface area contributed by atoms with E-state index in [-0.39, 0.29) is 5.66 Å². The molecule has 0 aliphatic rings. The first-order chi connectivity index (χ1) is 7.90. The van der Waals surface area contributed by atoms with Crippen molar-refractivity contribution in [3.8, 4) is 0 Å². The standard InChI is InChI=1S/C15H26N2/c1-8-13(4)9-10-15(16-6,17-7)11-14(5)12(2)3/h8,16-17H,1-2,4-5,9-11H2,3,6-7H3. The van der Waals surface area contributed by atoms with Gasteiger partial charge < -0.3 is 10.6 Å². The SMILES string of the molecule is C=CC(=C)CCC(CC(=C)C(=C)C)(NC)NC. The molecule has 0 fully saturated rings. The summed E-state index contributed by atoms with van der Waals surface area (Å²) in [5, 5.41) is 6.68. The molecule has 96 valence electrons. The van der Waals surface area contributed by atoms with Crippen LogP contribution in [0.15, 0.2) is 49.1 Å². The molecule has 0 aromatic rings. The van der Waals surface area contributed by atoms with Crippen molar-refractivity contribution in [1.29, 1.82) is 0 Å². The molecule has 0 saturated heterocycles. The monoisotopic (exact) mass is 234 g/mol. The van der Waals surface area contributed by atoms with Crippen LogP contribution in [0.2, 0.25) is 0 Å². The Morgan fingerprint density at radius 2 is 1.71 bits per heavy atom. The quantitative estimate of drug-likeness (QED) is 0.473. The van der Waals surface area contributed by atoms with Crippen LogP contribution in [-0.4, -0.2) is 19.8 Å². The summed E-state index contributed by atoms with van der Waals surface area (Å²) in [6, 6.07) is 0. The number of hydrogen-bond acceptors (Lipinski definition) is 2. The van der Waals surface area contributed by atoms with Crippen molar-refractivity contribution >= 4 is 0 Å². The molecule has 0 spiro atoms. The van der Waals surface area contributed by atoms with Crippen LogP contribution in [0.3, 0.4) is 0 Å². The molecule has 0 rings (SSSR count). The molecule has 2 N–H and O–H groups in total. The maximum atomic E-state index is 4.06. The Kier molecular flexibility index (Phi) is 6.78. The maximum Gasteiger partial charge on any atom is 0.0726 e. The largest absolute Gasteiger partial charge is 0.302 e. The maximum absolute atomic E-state index is 4.06. The lowest BCUT2D eigenvalue weighted by Crippen LogP contribution is -2.54. The summed E-state index contributed by atoms with van der Waals surface area (Å²) in [6.45, 7) is 17.7. The van der Waals surface area contributed by atoms with Gasteiger partial charge in [-0.3, -0.25) is 0 Å². The van der Waals surface area contributed by atoms with E-state index in [9.17, 15) is 0 Å². The highest BCUT2D eigenvalue weighted by atomic mass is 15.2. The molecule has 0 saturated carbocycles. The van der Waals surface area contributed by atoms with Gasteiger partial charge in [0, 0.05) is 6.42 Å². The average Bonchev–Trinajstić information content (AvgIpc) is 2.33. The van der Waals surface area contributed by atoms with Crippen molar-refractivity contribution < 1.29 is 0 Å². The van der Waals surface area contributed by atoms with Crippen LogP contribution in [0, 0.1) is 0 Å². The summed E-state index contributed by atoms with van der Waals surface area (Å²) in [5.74, 6) is 0. The highest BCUT2D eigenvalue weighted by molar-refractivity contribution is 5.25. The molecule has 17 heavy (non-hydrogen) atoms. The van der Waals surface area contributed by atoms with E-state index < -0.39 is 0 Å². The average molecular weight is 234 g/mol. The second kappa shape index (κ2) is 7.25. The zero-order valence-corrected chi connectivity index (χ0v) is 11.5. The molecular weight excluding hydrogens is 208 g/mol. The molecule has 0 bridgehead atoms. The van der Waals surface area contributed by atoms with Gasteiger partial charge in [-0.1, -0.05) is 43.5 Å². The van der Waals surface area contributed by atoms with Gasteiger partial charge in [0.15, 0.2) is 0 Å². The lowest BCUT2D eigenvalue weighted by molar-refractivity contribution is 0.272. The predicted molar refractivity (Wildman–Crippen MR) is 78.0 cm³/mol. The van der Waals surface area contributed by atoms with E-state index in [1.54, 1.807) is 0 Å². The van der Waals surface area contributed by atoms with Gasteiger partial charge in [-0.2, -0.15) is 0 Å². The first-order valence-corrected chi connectivity index (χ1v) is 5.92. The fourth-order valence-corrected chi connectivity index (χ4v) is 1.63. The molecule has 0 unspecified atom stereocenters. The van der Waals surface area contributed by atoms with Crippen LogP contribution in [-0.2, 0) is 0 Å². The Morgan fingerprint density at radius 3 is 2.06 bits per heavy atom. The zero-order valence-electron chi connectivity index (χ0n) is 11.5. The highest BCUT2D eigenvalue weighted by Gasteiger charge is 2.26. The van der Waals surface area contributed by atoms with Crippen molar-refractivity contribution in [3.05, 3.63) is 49.1 Å². The van der Waals surface area contributed by atoms with Gasteiger partial charge >= 0.3 is 0 Å². The molecule has 0 radical (unpaired) electrons. The Balaban J connectivity index is 4.66. The summed E-state index contributed by atoms with van der Waals surface area (Å²) in [4.78, 5) is 0. The fraction of sp³-hybridized carbons (Fsp3) is 0.467. The van der Waals surface area contributed by atoms with E-state index in [1.807, 2.05) is 27.1 Å². The Labute approximate surface area is 106 Å². The molecule has 0 aromatic carbocycles. The van der Waals surface area contributed by atoms with E-state index in [0.717, 1.165) is 36.0 Å². The van der Waals surface area contributed by atoms with E-state index in [2.05, 4.69) is 36.9 Å². The summed E-state index contributed by atoms with van der Waals surface area (Å²) in [5.41, 5.74) is 3.00. The van der Waals surface area contributed by atoms with Crippen molar-refractivity contribution in [2.24, 2.45) is 0 Å². The van der Waals surface area contributed by atoms with Crippen molar-refractivity contribution in [2.45, 2.75) is 31.8 Å². The van der Waals surface area contributed by atoms with Crippen LogP contribution < -0.4 is 10.6 Å². The Hall–Kier alpha value is -1.12. The van der Waals surface area contributed by atoms with E-state index in [4.69, 9.17) is 0 Å². The second-order valence-electron chi connectivity index (χ2n) is 4.51. The lowest BCUT2D eigenvalue weighted by Gasteiger charge is -2.34. The minimum Gasteiger partial charge on any atom is -0.302 e. The summed E-state index contributed by atoms with van der Waals surface area (Å²) in [7, 11) is 3.91. The molecule has 0 amide bonds. The summed E-state index contributed by atoms with van der Waals surface area (Å²) in [6.07, 6.45) is 4.50. The fourth-order valence-electron chi connectivity index (χ4n) is 1.63. The van der Waals surface area contributed by atoms with Crippen molar-refractivity contribution in [3.63, 3.8) is 0 Å². The Bertz CT molecular complexity index is 309. The highest BCUT2D eigenvalue weighted by Crippen LogP contribution is 2.23. The van der Waals surface area contributed by atoms with Gasteiger partial charge in [0.2, 0.25) is 0 Å². The second-order valence-corrected chi connectivity index (χ2v) is 4.51. The molecule has 0 atom stereocenters. The first kappa shape index (κ1) is 15.9. The molecule has 0 heterocycles. The van der Waals surface area contributed by atoms with Crippen LogP contribution in [0.5, 0.6) is 0 Å². The van der Waals surface area contributed by atoms with Gasteiger partial charge in [0.1, 0.15) is 0 Å². The smallest absolute Gasteiger partial charge is 0.0726 e. The molecule has 2 heteroatoms. The third-order valence-electron chi connectivity index (χ3n) is 3.24. The number of nitrogens with one attached hydrogen (secondary N) is 2. The van der Waals surface area contributed by atoms with E-state index >= 15 is 0 Å². The van der Waals surface area contributed by atoms with Crippen molar-refractivity contribution in [2.75, 3.05) is 14.1 Å². The van der Waals surface area contributed by atoms with Gasteiger partial charge in [0.05, 0.1) is 5.66 Å². The minimum atomic E-state index is -0.151. The topological polar surface area (TPSA) is 24.1 Å². The van der Waals surface area contributed by atoms with Gasteiger partial charge in [-0.15, -0.1) is 0 Å². The normalized spacial score (nSPS) is 11.0. The molecule has 0 aliphatic carbocycles. The van der Waals surface area contributed by atoms with Gasteiger partial charge in [-0.25, -0.2) is 0 Å². The van der Waals surface area contributed by atoms with Crippen LogP contribution in [0.1, 0.15) is 26.2 Å². The van der Waals surface area contributed by atoms with E-state index in [0.29, 0.717) is 0 Å². The summed E-state index contributed by atoms with van der Waals surface area (Å²) < 4.78 is 0. The number of rotatable bonds is 9. The first-order valence-electron chi connectivity index (χ1n) is 5.92. The summed E-state index contributed by atoms with van der Waals surface area (Å²) >= 11 is 0. The van der Waals surface area contributed by atoms with Crippen LogP contribution in [0.4, 0.5) is 0 Å². The third-order valence-corrected chi connectivity index (χ3v) is 3.24. The minimum absolute atomic E-state index is 0.151.